The quantitative estimate of drug-likeness (QED) is 0.239. The molecule has 0 atom stereocenters. The summed E-state index contributed by atoms with van der Waals surface area (Å²) in [5, 5.41) is 0. The third kappa shape index (κ3) is 7.72. The van der Waals surface area contributed by atoms with E-state index in [1.165, 1.54) is 11.1 Å². The van der Waals surface area contributed by atoms with Crippen LogP contribution in [0, 0.1) is 0 Å². The molecule has 3 aromatic rings. The number of anilines is 1. The summed E-state index contributed by atoms with van der Waals surface area (Å²) in [6, 6.07) is 9.85. The van der Waals surface area contributed by atoms with E-state index in [1.807, 2.05) is 24.3 Å². The number of aromatic nitrogens is 2. The minimum absolute atomic E-state index is 0.207. The third-order valence-corrected chi connectivity index (χ3v) is 9.52. The molecule has 2 aliphatic rings. The van der Waals surface area contributed by atoms with Gasteiger partial charge in [-0.05, 0) is 43.7 Å². The lowest BCUT2D eigenvalue weighted by Gasteiger charge is -2.32. The van der Waals surface area contributed by atoms with E-state index in [0.717, 1.165) is 47.0 Å². The SMILES string of the molecule is CCOC(=O)CCCOc1ccc(-c2nc(N3CCOCC3)c3sc(CN4CCN(S(C)(=O)=O)CC4)cc3n2)cc1. The summed E-state index contributed by atoms with van der Waals surface area (Å²) < 4.78 is 42.7. The first-order valence-electron chi connectivity index (χ1n) is 14.0. The summed E-state index contributed by atoms with van der Waals surface area (Å²) in [5.74, 6) is 2.09. The minimum atomic E-state index is -3.16. The summed E-state index contributed by atoms with van der Waals surface area (Å²) in [5.41, 5.74) is 1.80. The van der Waals surface area contributed by atoms with Crippen LogP contribution in [0.4, 0.5) is 5.82 Å². The number of thiophene rings is 1. The van der Waals surface area contributed by atoms with Gasteiger partial charge in [0.15, 0.2) is 11.6 Å². The standard InChI is InChI=1S/C28H37N5O6S2/c1-3-38-25(34)5-4-16-39-22-8-6-21(7-9-22)27-29-24-19-23(20-31-10-12-33(13-11-31)41(2,35)36)40-26(24)28(30-27)32-14-17-37-18-15-32/h6-9,19H,3-5,10-18,20H2,1-2H3. The molecule has 0 N–H and O–H groups in total. The maximum Gasteiger partial charge on any atom is 0.305 e. The van der Waals surface area contributed by atoms with Crippen molar-refractivity contribution in [3.05, 3.63) is 35.2 Å². The molecule has 2 aromatic heterocycles. The van der Waals surface area contributed by atoms with Crippen molar-refractivity contribution in [3.8, 4) is 17.1 Å². The average Bonchev–Trinajstić information content (AvgIpc) is 3.38. The van der Waals surface area contributed by atoms with E-state index in [2.05, 4.69) is 15.9 Å². The van der Waals surface area contributed by atoms with Gasteiger partial charge in [-0.3, -0.25) is 9.69 Å². The molecule has 1 aromatic carbocycles. The smallest absolute Gasteiger partial charge is 0.305 e. The van der Waals surface area contributed by atoms with Gasteiger partial charge in [0.1, 0.15) is 5.75 Å². The van der Waals surface area contributed by atoms with E-state index in [9.17, 15) is 13.2 Å². The first-order chi connectivity index (χ1) is 19.8. The van der Waals surface area contributed by atoms with Crippen LogP contribution in [0.3, 0.4) is 0 Å². The molecule has 0 aliphatic carbocycles. The van der Waals surface area contributed by atoms with Gasteiger partial charge >= 0.3 is 5.97 Å². The van der Waals surface area contributed by atoms with E-state index >= 15 is 0 Å². The largest absolute Gasteiger partial charge is 0.494 e. The van der Waals surface area contributed by atoms with Crippen molar-refractivity contribution in [2.75, 3.05) is 76.9 Å². The molecule has 11 nitrogen and oxygen atoms in total. The van der Waals surface area contributed by atoms with Gasteiger partial charge in [0.2, 0.25) is 10.0 Å². The van der Waals surface area contributed by atoms with Crippen molar-refractivity contribution in [1.29, 1.82) is 0 Å². The van der Waals surface area contributed by atoms with E-state index < -0.39 is 10.0 Å². The number of rotatable bonds is 11. The lowest BCUT2D eigenvalue weighted by atomic mass is 10.2. The summed E-state index contributed by atoms with van der Waals surface area (Å²) in [4.78, 5) is 27.2. The summed E-state index contributed by atoms with van der Waals surface area (Å²) in [7, 11) is -3.16. The van der Waals surface area contributed by atoms with Gasteiger partial charge in [-0.25, -0.2) is 18.4 Å². The van der Waals surface area contributed by atoms with Crippen molar-refractivity contribution in [2.24, 2.45) is 0 Å². The van der Waals surface area contributed by atoms with Crippen LogP contribution in [0.25, 0.3) is 21.6 Å². The van der Waals surface area contributed by atoms with Crippen LogP contribution in [0.15, 0.2) is 30.3 Å². The highest BCUT2D eigenvalue weighted by Gasteiger charge is 2.25. The number of piperazine rings is 1. The first-order valence-corrected chi connectivity index (χ1v) is 16.7. The number of benzene rings is 1. The maximum absolute atomic E-state index is 11.9. The normalized spacial score (nSPS) is 17.2. The number of sulfonamides is 1. The van der Waals surface area contributed by atoms with Gasteiger partial charge in [-0.15, -0.1) is 11.3 Å². The predicted molar refractivity (Wildman–Crippen MR) is 159 cm³/mol. The number of carbonyl (C=O) groups excluding carboxylic acids is 1. The molecule has 41 heavy (non-hydrogen) atoms. The predicted octanol–water partition coefficient (Wildman–Crippen LogP) is 2.99. The van der Waals surface area contributed by atoms with Gasteiger partial charge < -0.3 is 19.1 Å². The minimum Gasteiger partial charge on any atom is -0.494 e. The Morgan fingerprint density at radius 3 is 2.46 bits per heavy atom. The Bertz CT molecular complexity index is 1430. The second kappa shape index (κ2) is 13.4. The van der Waals surface area contributed by atoms with E-state index in [4.69, 9.17) is 24.2 Å². The number of ether oxygens (including phenoxy) is 3. The van der Waals surface area contributed by atoms with Gasteiger partial charge in [-0.2, -0.15) is 4.31 Å². The topological polar surface area (TPSA) is 114 Å². The number of hydrogen-bond donors (Lipinski definition) is 0. The first kappa shape index (κ1) is 29.6. The Hall–Kier alpha value is -2.84. The zero-order chi connectivity index (χ0) is 28.8. The molecule has 0 spiro atoms. The van der Waals surface area contributed by atoms with E-state index in [-0.39, 0.29) is 5.97 Å². The molecule has 2 fully saturated rings. The second-order valence-corrected chi connectivity index (χ2v) is 13.2. The van der Waals surface area contributed by atoms with E-state index in [1.54, 1.807) is 22.6 Å². The van der Waals surface area contributed by atoms with Crippen LogP contribution >= 0.6 is 11.3 Å². The molecule has 0 unspecified atom stereocenters. The van der Waals surface area contributed by atoms with Gasteiger partial charge in [0, 0.05) is 62.7 Å². The summed E-state index contributed by atoms with van der Waals surface area (Å²) >= 11 is 1.71. The fourth-order valence-electron chi connectivity index (χ4n) is 4.94. The zero-order valence-corrected chi connectivity index (χ0v) is 25.2. The monoisotopic (exact) mass is 603 g/mol. The van der Waals surface area contributed by atoms with Gasteiger partial charge in [0.05, 0.1) is 42.9 Å². The van der Waals surface area contributed by atoms with Crippen molar-refractivity contribution in [3.63, 3.8) is 0 Å². The van der Waals surface area contributed by atoms with Gasteiger partial charge in [0.25, 0.3) is 0 Å². The Morgan fingerprint density at radius 2 is 1.78 bits per heavy atom. The number of fused-ring (bicyclic) bond motifs is 1. The van der Waals surface area contributed by atoms with Gasteiger partial charge in [-0.1, -0.05) is 0 Å². The number of nitrogens with zero attached hydrogens (tertiary/aromatic N) is 5. The van der Waals surface area contributed by atoms with E-state index in [0.29, 0.717) is 71.3 Å². The van der Waals surface area contributed by atoms with Crippen molar-refractivity contribution in [2.45, 2.75) is 26.3 Å². The Balaban J connectivity index is 1.32. The fraction of sp³-hybridized carbons (Fsp3) is 0.536. The Labute approximate surface area is 245 Å². The third-order valence-electron chi connectivity index (χ3n) is 7.11. The number of esters is 1. The molecule has 4 heterocycles. The van der Waals surface area contributed by atoms with Crippen LogP contribution in [0.2, 0.25) is 0 Å². The highest BCUT2D eigenvalue weighted by Crippen LogP contribution is 2.35. The Kier molecular flexibility index (Phi) is 9.71. The highest BCUT2D eigenvalue weighted by molar-refractivity contribution is 7.88. The van der Waals surface area contributed by atoms with Crippen LogP contribution in [0.1, 0.15) is 24.6 Å². The highest BCUT2D eigenvalue weighted by atomic mass is 32.2. The molecule has 222 valence electrons. The molecule has 0 bridgehead atoms. The van der Waals surface area contributed by atoms with Crippen LogP contribution in [-0.4, -0.2) is 106 Å². The summed E-state index contributed by atoms with van der Waals surface area (Å²) in [6.45, 7) is 8.65. The molecular formula is C28H37N5O6S2. The molecule has 0 saturated carbocycles. The molecule has 13 heteroatoms. The number of carbonyl (C=O) groups is 1. The van der Waals surface area contributed by atoms with Crippen molar-refractivity contribution >= 4 is 43.4 Å². The van der Waals surface area contributed by atoms with Crippen molar-refractivity contribution in [1.82, 2.24) is 19.2 Å². The maximum atomic E-state index is 11.9. The zero-order valence-electron chi connectivity index (χ0n) is 23.6. The second-order valence-electron chi connectivity index (χ2n) is 10.1. The summed E-state index contributed by atoms with van der Waals surface area (Å²) in [6.07, 6.45) is 2.20. The molecular weight excluding hydrogens is 566 g/mol. The number of hydrogen-bond acceptors (Lipinski definition) is 11. The molecule has 0 amide bonds. The lowest BCUT2D eigenvalue weighted by molar-refractivity contribution is -0.143. The Morgan fingerprint density at radius 1 is 1.05 bits per heavy atom. The molecule has 5 rings (SSSR count). The lowest BCUT2D eigenvalue weighted by Crippen LogP contribution is -2.47. The molecule has 2 aliphatic heterocycles. The van der Waals surface area contributed by atoms with Crippen molar-refractivity contribution < 1.29 is 27.4 Å². The molecule has 0 radical (unpaired) electrons. The van der Waals surface area contributed by atoms with Crippen LogP contribution < -0.4 is 9.64 Å². The average molecular weight is 604 g/mol. The van der Waals surface area contributed by atoms with Crippen LogP contribution in [-0.2, 0) is 30.8 Å². The fourth-order valence-corrected chi connectivity index (χ4v) is 6.92. The number of morpholine rings is 1. The molecule has 2 saturated heterocycles. The van der Waals surface area contributed by atoms with Crippen LogP contribution in [0.5, 0.6) is 5.75 Å².